The van der Waals surface area contributed by atoms with Crippen LogP contribution in [0.2, 0.25) is 0 Å². The van der Waals surface area contributed by atoms with Crippen molar-refractivity contribution >= 4 is 34.8 Å². The van der Waals surface area contributed by atoms with E-state index in [1.54, 1.807) is 0 Å². The molecule has 0 bridgehead atoms. The highest BCUT2D eigenvalue weighted by molar-refractivity contribution is 6.59. The van der Waals surface area contributed by atoms with Gasteiger partial charge >= 0.3 is 0 Å². The van der Waals surface area contributed by atoms with E-state index in [1.165, 1.54) is 0 Å². The van der Waals surface area contributed by atoms with Crippen LogP contribution in [0.25, 0.3) is 0 Å². The average Bonchev–Trinajstić information content (AvgIpc) is 1.87. The highest BCUT2D eigenvalue weighted by Gasteiger charge is 2.07. The Balaban J connectivity index is 3.94. The van der Waals surface area contributed by atoms with E-state index in [0.29, 0.717) is 5.03 Å². The molecule has 0 saturated heterocycles. The molecule has 0 amide bonds. The van der Waals surface area contributed by atoms with Crippen LogP contribution in [-0.2, 0) is 0 Å². The van der Waals surface area contributed by atoms with Gasteiger partial charge in [0.25, 0.3) is 0 Å². The van der Waals surface area contributed by atoms with Crippen molar-refractivity contribution in [1.29, 1.82) is 0 Å². The van der Waals surface area contributed by atoms with Gasteiger partial charge in [-0.3, -0.25) is 0 Å². The van der Waals surface area contributed by atoms with Crippen molar-refractivity contribution in [2.45, 2.75) is 26.7 Å². The summed E-state index contributed by atoms with van der Waals surface area (Å²) in [5.74, 6) is 0.289. The normalized spacial score (nSPS) is 12.9. The van der Waals surface area contributed by atoms with E-state index in [-0.39, 0.29) is 10.4 Å². The van der Waals surface area contributed by atoms with Gasteiger partial charge in [-0.2, -0.15) is 0 Å². The fourth-order valence-electron chi connectivity index (χ4n) is 0.746. The summed E-state index contributed by atoms with van der Waals surface area (Å²) >= 11 is 16.7. The quantitative estimate of drug-likeness (QED) is 0.638. The van der Waals surface area contributed by atoms with E-state index >= 15 is 0 Å². The number of allylic oxidation sites excluding steroid dienone is 1. The maximum Gasteiger partial charge on any atom is 0.121 e. The topological polar surface area (TPSA) is 0 Å². The third-order valence-electron chi connectivity index (χ3n) is 1.33. The van der Waals surface area contributed by atoms with E-state index in [1.807, 2.05) is 6.92 Å². The van der Waals surface area contributed by atoms with Crippen LogP contribution in [0.4, 0.5) is 0 Å². The largest absolute Gasteiger partial charge is 0.121 e. The molecule has 0 aliphatic carbocycles. The lowest BCUT2D eigenvalue weighted by Gasteiger charge is -2.07. The fourth-order valence-corrected chi connectivity index (χ4v) is 1.23. The zero-order valence-corrected chi connectivity index (χ0v) is 8.39. The number of rotatable bonds is 3. The summed E-state index contributed by atoms with van der Waals surface area (Å²) in [5.41, 5.74) is 0. The first-order valence-corrected chi connectivity index (χ1v) is 4.43. The van der Waals surface area contributed by atoms with E-state index in [0.717, 1.165) is 12.8 Å². The van der Waals surface area contributed by atoms with Crippen LogP contribution in [0.1, 0.15) is 26.7 Å². The second kappa shape index (κ2) is 5.29. The second-order valence-electron chi connectivity index (χ2n) is 2.30. The molecule has 0 radical (unpaired) electrons. The van der Waals surface area contributed by atoms with Crippen molar-refractivity contribution in [2.24, 2.45) is 5.92 Å². The molecule has 0 rings (SSSR count). The molecule has 0 aliphatic rings. The molecule has 0 aromatic heterocycles. The predicted molar refractivity (Wildman–Crippen MR) is 48.7 cm³/mol. The fraction of sp³-hybridized carbons (Fsp3) is 0.714. The van der Waals surface area contributed by atoms with Crippen LogP contribution in [0.3, 0.4) is 0 Å². The zero-order valence-electron chi connectivity index (χ0n) is 6.13. The van der Waals surface area contributed by atoms with Gasteiger partial charge in [0, 0.05) is 0 Å². The average molecular weight is 202 g/mol. The van der Waals surface area contributed by atoms with Crippen LogP contribution in [0, 0.1) is 5.92 Å². The summed E-state index contributed by atoms with van der Waals surface area (Å²) < 4.78 is 0.197. The first kappa shape index (κ1) is 10.6. The molecule has 0 saturated carbocycles. The zero-order chi connectivity index (χ0) is 8.15. The highest BCUT2D eigenvalue weighted by Crippen LogP contribution is 2.27. The van der Waals surface area contributed by atoms with Crippen molar-refractivity contribution in [3.63, 3.8) is 0 Å². The third kappa shape index (κ3) is 3.70. The van der Waals surface area contributed by atoms with E-state index in [9.17, 15) is 0 Å². The summed E-state index contributed by atoms with van der Waals surface area (Å²) in [4.78, 5) is 0. The van der Waals surface area contributed by atoms with Crippen LogP contribution in [0.15, 0.2) is 9.52 Å². The van der Waals surface area contributed by atoms with Gasteiger partial charge in [-0.05, 0) is 12.3 Å². The molecule has 1 unspecified atom stereocenters. The van der Waals surface area contributed by atoms with Gasteiger partial charge in [0.15, 0.2) is 0 Å². The lowest BCUT2D eigenvalue weighted by atomic mass is 10.1. The highest BCUT2D eigenvalue weighted by atomic mass is 35.5. The van der Waals surface area contributed by atoms with Crippen LogP contribution < -0.4 is 0 Å². The Morgan fingerprint density at radius 1 is 1.30 bits per heavy atom. The van der Waals surface area contributed by atoms with E-state index < -0.39 is 0 Å². The summed E-state index contributed by atoms with van der Waals surface area (Å²) in [6.07, 6.45) is 2.13. The van der Waals surface area contributed by atoms with Crippen LogP contribution >= 0.6 is 34.8 Å². The van der Waals surface area contributed by atoms with Gasteiger partial charge in [0.05, 0.1) is 5.03 Å². The molecule has 0 nitrogen and oxygen atoms in total. The standard InChI is InChI=1S/C7H11Cl3/c1-3-4-5(2)6(8)7(9)10/h5H,3-4H2,1-2H3. The maximum atomic E-state index is 5.76. The van der Waals surface area contributed by atoms with Gasteiger partial charge in [-0.15, -0.1) is 0 Å². The summed E-state index contributed by atoms with van der Waals surface area (Å²) in [5, 5.41) is 0.574. The van der Waals surface area contributed by atoms with Crippen LogP contribution in [0.5, 0.6) is 0 Å². The molecule has 10 heavy (non-hydrogen) atoms. The molecular weight excluding hydrogens is 190 g/mol. The Labute approximate surface area is 77.1 Å². The van der Waals surface area contributed by atoms with Crippen molar-refractivity contribution in [2.75, 3.05) is 0 Å². The Hall–Kier alpha value is 0.610. The third-order valence-corrected chi connectivity index (χ3v) is 2.50. The number of halogens is 3. The summed E-state index contributed by atoms with van der Waals surface area (Å²) in [6.45, 7) is 4.11. The molecule has 0 heterocycles. The second-order valence-corrected chi connectivity index (χ2v) is 3.65. The minimum absolute atomic E-state index is 0.197. The molecule has 3 heteroatoms. The molecule has 0 aromatic rings. The van der Waals surface area contributed by atoms with Crippen molar-refractivity contribution in [1.82, 2.24) is 0 Å². The van der Waals surface area contributed by atoms with Crippen molar-refractivity contribution in [3.05, 3.63) is 9.52 Å². The SMILES string of the molecule is CCCC(C)C(Cl)=C(Cl)Cl. The molecule has 0 fully saturated rings. The summed E-state index contributed by atoms with van der Waals surface area (Å²) in [6, 6.07) is 0. The van der Waals surface area contributed by atoms with Gasteiger partial charge in [0.1, 0.15) is 4.49 Å². The lowest BCUT2D eigenvalue weighted by molar-refractivity contribution is 0.624. The first-order valence-electron chi connectivity index (χ1n) is 3.30. The molecule has 0 N–H and O–H groups in total. The smallest absolute Gasteiger partial charge is 0.0863 e. The van der Waals surface area contributed by atoms with Gasteiger partial charge in [-0.1, -0.05) is 55.1 Å². The van der Waals surface area contributed by atoms with E-state index in [4.69, 9.17) is 34.8 Å². The van der Waals surface area contributed by atoms with Gasteiger partial charge in [0.2, 0.25) is 0 Å². The molecular formula is C7H11Cl3. The minimum atomic E-state index is 0.197. The van der Waals surface area contributed by atoms with Gasteiger partial charge < -0.3 is 0 Å². The molecule has 0 aromatic carbocycles. The predicted octanol–water partition coefficient (Wildman–Crippen LogP) is 4.31. The first-order chi connectivity index (χ1) is 4.59. The Bertz CT molecular complexity index is 125. The Morgan fingerprint density at radius 3 is 2.10 bits per heavy atom. The minimum Gasteiger partial charge on any atom is -0.0863 e. The Kier molecular flexibility index (Phi) is 5.61. The maximum absolute atomic E-state index is 5.76. The lowest BCUT2D eigenvalue weighted by Crippen LogP contribution is -1.93. The number of hydrogen-bond acceptors (Lipinski definition) is 0. The molecule has 1 atom stereocenters. The molecule has 0 aliphatic heterocycles. The Morgan fingerprint density at radius 2 is 1.80 bits per heavy atom. The molecule has 0 spiro atoms. The van der Waals surface area contributed by atoms with E-state index in [2.05, 4.69) is 6.92 Å². The number of hydrogen-bond donors (Lipinski definition) is 0. The summed E-state index contributed by atoms with van der Waals surface area (Å²) in [7, 11) is 0. The van der Waals surface area contributed by atoms with Crippen molar-refractivity contribution in [3.8, 4) is 0 Å². The molecule has 60 valence electrons. The monoisotopic (exact) mass is 200 g/mol. The van der Waals surface area contributed by atoms with Crippen molar-refractivity contribution < 1.29 is 0 Å². The van der Waals surface area contributed by atoms with Crippen LogP contribution in [-0.4, -0.2) is 0 Å². The van der Waals surface area contributed by atoms with Gasteiger partial charge in [-0.25, -0.2) is 0 Å².